The predicted molar refractivity (Wildman–Crippen MR) is 109 cm³/mol. The minimum atomic E-state index is -0.0965. The number of phenolic OH excluding ortho intramolecular Hbond substituents is 2. The summed E-state index contributed by atoms with van der Waals surface area (Å²) in [5.41, 5.74) is 7.16. The third kappa shape index (κ3) is 4.40. The van der Waals surface area contributed by atoms with E-state index in [1.54, 1.807) is 4.68 Å². The maximum Gasteiger partial charge on any atom is 0.226 e. The molecule has 0 aliphatic rings. The maximum absolute atomic E-state index is 10.2. The fourth-order valence-corrected chi connectivity index (χ4v) is 2.72. The normalized spacial score (nSPS) is 12.3. The molecule has 0 radical (unpaired) electrons. The number of methoxy groups -OCH3 is 1. The molecule has 156 valence electrons. The minimum absolute atomic E-state index is 0.0544. The molecule has 0 aliphatic carbocycles. The van der Waals surface area contributed by atoms with Crippen molar-refractivity contribution in [3.8, 4) is 17.2 Å². The van der Waals surface area contributed by atoms with Crippen molar-refractivity contribution in [2.75, 3.05) is 24.3 Å². The van der Waals surface area contributed by atoms with Gasteiger partial charge in [0, 0.05) is 31.3 Å². The quantitative estimate of drug-likeness (QED) is 0.375. The number of anilines is 2. The van der Waals surface area contributed by atoms with Crippen LogP contribution in [0.25, 0.3) is 11.2 Å². The van der Waals surface area contributed by atoms with Crippen molar-refractivity contribution < 1.29 is 14.9 Å². The number of nitrogens with two attached hydrogens (primary N) is 1. The summed E-state index contributed by atoms with van der Waals surface area (Å²) in [6, 6.07) is 2.83. The second-order valence-electron chi connectivity index (χ2n) is 7.05. The standard InChI is InChI=1S/C18H26N8O3/c1-9(2)26-17-15(24-25-26)16(22-18(23-17)21-7-10(3)19)20-8-12-13(27)5-11(29-4)6-14(12)28/h5-6,9-10,27-28H,7-8,19H2,1-4H3,(H2,20,21,22,23). The molecule has 0 bridgehead atoms. The van der Waals surface area contributed by atoms with Gasteiger partial charge in [-0.05, 0) is 20.8 Å². The van der Waals surface area contributed by atoms with Gasteiger partial charge >= 0.3 is 0 Å². The van der Waals surface area contributed by atoms with Gasteiger partial charge in [0.25, 0.3) is 0 Å². The lowest BCUT2D eigenvalue weighted by atomic mass is 10.1. The first kappa shape index (κ1) is 20.4. The molecule has 0 amide bonds. The Hall–Kier alpha value is -3.34. The molecule has 2 heterocycles. The van der Waals surface area contributed by atoms with Crippen molar-refractivity contribution >= 4 is 22.9 Å². The van der Waals surface area contributed by atoms with E-state index in [2.05, 4.69) is 30.9 Å². The number of ether oxygens (including phenoxy) is 1. The minimum Gasteiger partial charge on any atom is -0.507 e. The van der Waals surface area contributed by atoms with Gasteiger partial charge in [-0.3, -0.25) is 0 Å². The summed E-state index contributed by atoms with van der Waals surface area (Å²) in [6.07, 6.45) is 0. The third-order valence-corrected chi connectivity index (χ3v) is 4.24. The maximum atomic E-state index is 10.2. The average Bonchev–Trinajstić information content (AvgIpc) is 3.09. The number of phenols is 2. The first-order valence-corrected chi connectivity index (χ1v) is 9.25. The van der Waals surface area contributed by atoms with E-state index in [0.29, 0.717) is 40.8 Å². The zero-order chi connectivity index (χ0) is 21.1. The van der Waals surface area contributed by atoms with E-state index in [1.807, 2.05) is 20.8 Å². The van der Waals surface area contributed by atoms with Crippen LogP contribution in [0.1, 0.15) is 32.4 Å². The van der Waals surface area contributed by atoms with E-state index < -0.39 is 0 Å². The molecule has 11 nitrogen and oxygen atoms in total. The summed E-state index contributed by atoms with van der Waals surface area (Å²) < 4.78 is 6.73. The van der Waals surface area contributed by atoms with Crippen molar-refractivity contribution in [2.45, 2.75) is 39.4 Å². The van der Waals surface area contributed by atoms with E-state index in [9.17, 15) is 10.2 Å². The second kappa shape index (κ2) is 8.35. The van der Waals surface area contributed by atoms with Gasteiger partial charge in [-0.1, -0.05) is 5.21 Å². The summed E-state index contributed by atoms with van der Waals surface area (Å²) >= 11 is 0. The van der Waals surface area contributed by atoms with E-state index >= 15 is 0 Å². The summed E-state index contributed by atoms with van der Waals surface area (Å²) in [7, 11) is 1.46. The zero-order valence-electron chi connectivity index (χ0n) is 16.8. The molecule has 0 saturated heterocycles. The van der Waals surface area contributed by atoms with E-state index in [-0.39, 0.29) is 30.1 Å². The van der Waals surface area contributed by atoms with Crippen LogP contribution in [0.3, 0.4) is 0 Å². The molecule has 3 rings (SSSR count). The lowest BCUT2D eigenvalue weighted by Gasteiger charge is -2.13. The summed E-state index contributed by atoms with van der Waals surface area (Å²) in [6.45, 7) is 6.43. The lowest BCUT2D eigenvalue weighted by Crippen LogP contribution is -2.26. The van der Waals surface area contributed by atoms with Gasteiger partial charge in [-0.25, -0.2) is 4.68 Å². The Morgan fingerprint density at radius 2 is 1.83 bits per heavy atom. The molecule has 3 aromatic rings. The van der Waals surface area contributed by atoms with Crippen molar-refractivity contribution in [1.82, 2.24) is 25.0 Å². The molecule has 0 aliphatic heterocycles. The number of aromatic hydroxyl groups is 2. The second-order valence-corrected chi connectivity index (χ2v) is 7.05. The molecule has 0 fully saturated rings. The molecule has 0 spiro atoms. The Kier molecular flexibility index (Phi) is 5.87. The van der Waals surface area contributed by atoms with Crippen LogP contribution in [0.15, 0.2) is 12.1 Å². The smallest absolute Gasteiger partial charge is 0.226 e. The van der Waals surface area contributed by atoms with Gasteiger partial charge in [0.15, 0.2) is 17.0 Å². The first-order chi connectivity index (χ1) is 13.8. The average molecular weight is 402 g/mol. The molecule has 1 unspecified atom stereocenters. The van der Waals surface area contributed by atoms with Gasteiger partial charge < -0.3 is 31.3 Å². The fourth-order valence-electron chi connectivity index (χ4n) is 2.72. The SMILES string of the molecule is COc1cc(O)c(CNc2nc(NCC(C)N)nc3c2nnn3C(C)C)c(O)c1. The number of fused-ring (bicyclic) bond motifs is 1. The van der Waals surface area contributed by atoms with Crippen LogP contribution in [-0.2, 0) is 6.54 Å². The highest BCUT2D eigenvalue weighted by molar-refractivity contribution is 5.83. The van der Waals surface area contributed by atoms with Crippen LogP contribution in [0.2, 0.25) is 0 Å². The first-order valence-electron chi connectivity index (χ1n) is 9.25. The van der Waals surface area contributed by atoms with Gasteiger partial charge in [-0.15, -0.1) is 5.10 Å². The van der Waals surface area contributed by atoms with Gasteiger partial charge in [0.2, 0.25) is 5.95 Å². The molecule has 29 heavy (non-hydrogen) atoms. The topological polar surface area (TPSA) is 156 Å². The van der Waals surface area contributed by atoms with Gasteiger partial charge in [-0.2, -0.15) is 9.97 Å². The molecule has 0 saturated carbocycles. The number of nitrogens with one attached hydrogen (secondary N) is 2. The Labute approximate surface area is 167 Å². The predicted octanol–water partition coefficient (Wildman–Crippen LogP) is 1.59. The molecule has 11 heteroatoms. The Balaban J connectivity index is 1.95. The zero-order valence-corrected chi connectivity index (χ0v) is 16.8. The van der Waals surface area contributed by atoms with Crippen LogP contribution in [0.5, 0.6) is 17.2 Å². The number of hydrogen-bond donors (Lipinski definition) is 5. The van der Waals surface area contributed by atoms with Crippen molar-refractivity contribution in [3.63, 3.8) is 0 Å². The molecule has 2 aromatic heterocycles. The van der Waals surface area contributed by atoms with Crippen LogP contribution < -0.4 is 21.1 Å². The Bertz CT molecular complexity index is 979. The monoisotopic (exact) mass is 402 g/mol. The van der Waals surface area contributed by atoms with E-state index in [0.717, 1.165) is 0 Å². The van der Waals surface area contributed by atoms with Crippen LogP contribution in [-0.4, -0.2) is 54.9 Å². The Morgan fingerprint density at radius 1 is 1.14 bits per heavy atom. The third-order valence-electron chi connectivity index (χ3n) is 4.24. The van der Waals surface area contributed by atoms with Crippen LogP contribution >= 0.6 is 0 Å². The highest BCUT2D eigenvalue weighted by Crippen LogP contribution is 2.33. The molecule has 6 N–H and O–H groups in total. The molecular weight excluding hydrogens is 376 g/mol. The van der Waals surface area contributed by atoms with Crippen molar-refractivity contribution in [3.05, 3.63) is 17.7 Å². The van der Waals surface area contributed by atoms with E-state index in [4.69, 9.17) is 10.5 Å². The van der Waals surface area contributed by atoms with Crippen molar-refractivity contribution in [2.24, 2.45) is 5.73 Å². The summed E-state index contributed by atoms with van der Waals surface area (Å²) in [5.74, 6) is 0.963. The number of aromatic nitrogens is 5. The highest BCUT2D eigenvalue weighted by atomic mass is 16.5. The highest BCUT2D eigenvalue weighted by Gasteiger charge is 2.18. The number of nitrogens with zero attached hydrogens (tertiary/aromatic N) is 5. The van der Waals surface area contributed by atoms with Crippen LogP contribution in [0, 0.1) is 0 Å². The van der Waals surface area contributed by atoms with Gasteiger partial charge in [0.05, 0.1) is 18.7 Å². The summed E-state index contributed by atoms with van der Waals surface area (Å²) in [4.78, 5) is 8.97. The number of rotatable bonds is 8. The van der Waals surface area contributed by atoms with Crippen molar-refractivity contribution in [1.29, 1.82) is 0 Å². The van der Waals surface area contributed by atoms with E-state index in [1.165, 1.54) is 19.2 Å². The largest absolute Gasteiger partial charge is 0.507 e. The molecular formula is C18H26N8O3. The lowest BCUT2D eigenvalue weighted by molar-refractivity contribution is 0.394. The number of benzene rings is 1. The fraction of sp³-hybridized carbons (Fsp3) is 0.444. The van der Waals surface area contributed by atoms with Crippen LogP contribution in [0.4, 0.5) is 11.8 Å². The van der Waals surface area contributed by atoms with Gasteiger partial charge in [0.1, 0.15) is 17.2 Å². The number of hydrogen-bond acceptors (Lipinski definition) is 10. The summed E-state index contributed by atoms with van der Waals surface area (Å²) in [5, 5.41) is 35.0. The molecule has 1 atom stereocenters. The Morgan fingerprint density at radius 3 is 2.41 bits per heavy atom. The molecule has 1 aromatic carbocycles.